The molecule has 1 aliphatic heterocycles. The Morgan fingerprint density at radius 2 is 1.12 bits per heavy atom. The second kappa shape index (κ2) is 14.4. The Bertz CT molecular complexity index is 1540. The first-order chi connectivity index (χ1) is 20.1. The van der Waals surface area contributed by atoms with Crippen LogP contribution < -0.4 is 10.9 Å². The highest BCUT2D eigenvalue weighted by molar-refractivity contribution is 7.12. The molecule has 0 atom stereocenters. The fraction of sp³-hybridized carbons (Fsp3) is 0.133. The summed E-state index contributed by atoms with van der Waals surface area (Å²) in [5, 5.41) is 25.5. The topological polar surface area (TPSA) is 146 Å². The first-order valence-corrected chi connectivity index (χ1v) is 14.1. The third kappa shape index (κ3) is 7.46. The van der Waals surface area contributed by atoms with E-state index in [1.807, 2.05) is 12.1 Å². The highest BCUT2D eigenvalue weighted by Crippen LogP contribution is 2.20. The molecule has 0 saturated carbocycles. The van der Waals surface area contributed by atoms with E-state index in [0.29, 0.717) is 9.75 Å². The van der Waals surface area contributed by atoms with Crippen LogP contribution in [0.3, 0.4) is 0 Å². The van der Waals surface area contributed by atoms with Crippen molar-refractivity contribution in [3.05, 3.63) is 115 Å². The molecule has 0 aromatic carbocycles. The van der Waals surface area contributed by atoms with Gasteiger partial charge in [0.2, 0.25) is 0 Å². The monoisotopic (exact) mass is 598 g/mol. The second-order valence-corrected chi connectivity index (χ2v) is 10.7. The number of nitrogens with zero attached hydrogens (tertiary/aromatic N) is 4. The predicted octanol–water partition coefficient (Wildman–Crippen LogP) is 5.07. The fourth-order valence-corrected chi connectivity index (χ4v) is 5.04. The number of amides is 2. The van der Waals surface area contributed by atoms with Crippen LogP contribution in [0.2, 0.25) is 0 Å². The van der Waals surface area contributed by atoms with Gasteiger partial charge in [-0.25, -0.2) is 10.0 Å². The third-order valence-electron chi connectivity index (χ3n) is 5.81. The lowest BCUT2D eigenvalue weighted by atomic mass is 10.1. The lowest BCUT2D eigenvalue weighted by molar-refractivity contribution is -0.127. The van der Waals surface area contributed by atoms with Crippen molar-refractivity contribution < 1.29 is 19.2 Å². The van der Waals surface area contributed by atoms with Gasteiger partial charge in [-0.1, -0.05) is 12.1 Å². The molecule has 42 heavy (non-hydrogen) atoms. The molecule has 0 unspecified atom stereocenters. The van der Waals surface area contributed by atoms with Crippen molar-refractivity contribution in [3.8, 4) is 12.1 Å². The first-order valence-electron chi connectivity index (χ1n) is 12.4. The van der Waals surface area contributed by atoms with E-state index in [4.69, 9.17) is 0 Å². The minimum Gasteiger partial charge on any atom is -0.299 e. The van der Waals surface area contributed by atoms with Gasteiger partial charge in [-0.15, -0.1) is 22.7 Å². The minimum absolute atomic E-state index is 0.230. The molecule has 2 N–H and O–H groups in total. The summed E-state index contributed by atoms with van der Waals surface area (Å²) >= 11 is 2.54. The number of hydrogen-bond acceptors (Lipinski definition) is 10. The fourth-order valence-electron chi connectivity index (χ4n) is 3.75. The van der Waals surface area contributed by atoms with Gasteiger partial charge in [-0.2, -0.15) is 10.5 Å². The Balaban J connectivity index is 2.04. The number of nitriles is 2. The minimum atomic E-state index is -0.722. The molecule has 0 radical (unpaired) electrons. The van der Waals surface area contributed by atoms with Gasteiger partial charge in [0.15, 0.2) is 11.6 Å². The molecule has 0 saturated heterocycles. The van der Waals surface area contributed by atoms with Crippen molar-refractivity contribution in [2.24, 2.45) is 0 Å². The third-order valence-corrected chi connectivity index (χ3v) is 7.58. The molecule has 3 heterocycles. The highest BCUT2D eigenvalue weighted by Gasteiger charge is 2.26. The Labute approximate surface area is 251 Å². The molecule has 0 fully saturated rings. The van der Waals surface area contributed by atoms with Crippen LogP contribution in [0.15, 0.2) is 105 Å². The Kier molecular flexibility index (Phi) is 10.7. The molecule has 0 aliphatic carbocycles. The largest absolute Gasteiger partial charge is 0.299 e. The van der Waals surface area contributed by atoms with Gasteiger partial charge in [-0.3, -0.25) is 30.0 Å². The van der Waals surface area contributed by atoms with Gasteiger partial charge in [0.25, 0.3) is 11.8 Å². The molecule has 2 aromatic heterocycles. The van der Waals surface area contributed by atoms with Crippen molar-refractivity contribution in [1.29, 1.82) is 10.5 Å². The molecule has 2 aromatic rings. The quantitative estimate of drug-likeness (QED) is 0.316. The van der Waals surface area contributed by atoms with Crippen LogP contribution in [0, 0.1) is 22.7 Å². The molecule has 10 nitrogen and oxygen atoms in total. The molecule has 3 rings (SSSR count). The van der Waals surface area contributed by atoms with Crippen molar-refractivity contribution in [3.63, 3.8) is 0 Å². The SMILES string of the molecule is C/C1=C/C(C)=C(\C#N)C(=O)N(N/C=C/C(=O)c2cccs2)/C(C)=C/C(C)=C(/C#N)C(=O)N1N/C=C/C(=O)c1cccs1. The molecular formula is C30H26N6O4S2. The molecular weight excluding hydrogens is 573 g/mol. The van der Waals surface area contributed by atoms with Crippen LogP contribution in [0.5, 0.6) is 0 Å². The number of nitrogens with one attached hydrogen (secondary N) is 2. The molecule has 0 spiro atoms. The zero-order chi connectivity index (χ0) is 30.8. The number of thiophene rings is 2. The first kappa shape index (κ1) is 31.2. The lowest BCUT2D eigenvalue weighted by Crippen LogP contribution is -2.41. The van der Waals surface area contributed by atoms with Crippen molar-refractivity contribution in [2.75, 3.05) is 0 Å². The maximum atomic E-state index is 13.6. The summed E-state index contributed by atoms with van der Waals surface area (Å²) in [4.78, 5) is 52.9. The van der Waals surface area contributed by atoms with Crippen LogP contribution in [0.25, 0.3) is 0 Å². The zero-order valence-electron chi connectivity index (χ0n) is 23.2. The van der Waals surface area contributed by atoms with Crippen molar-refractivity contribution in [2.45, 2.75) is 27.7 Å². The van der Waals surface area contributed by atoms with E-state index in [0.717, 1.165) is 10.0 Å². The Morgan fingerprint density at radius 3 is 1.43 bits per heavy atom. The highest BCUT2D eigenvalue weighted by atomic mass is 32.1. The maximum Gasteiger partial charge on any atom is 0.287 e. The van der Waals surface area contributed by atoms with E-state index < -0.39 is 11.8 Å². The van der Waals surface area contributed by atoms with Crippen molar-refractivity contribution >= 4 is 46.1 Å². The number of rotatable bonds is 8. The van der Waals surface area contributed by atoms with E-state index in [-0.39, 0.29) is 45.3 Å². The maximum absolute atomic E-state index is 13.6. The summed E-state index contributed by atoms with van der Waals surface area (Å²) in [6.07, 6.45) is 7.94. The number of allylic oxidation sites excluding steroid dienone is 8. The van der Waals surface area contributed by atoms with Gasteiger partial charge in [0.1, 0.15) is 23.3 Å². The van der Waals surface area contributed by atoms with Gasteiger partial charge in [0.05, 0.1) is 9.75 Å². The summed E-state index contributed by atoms with van der Waals surface area (Å²) in [6.45, 7) is 6.16. The van der Waals surface area contributed by atoms with E-state index in [1.54, 1.807) is 48.9 Å². The van der Waals surface area contributed by atoms with Crippen LogP contribution in [-0.4, -0.2) is 33.4 Å². The van der Waals surface area contributed by atoms with E-state index >= 15 is 0 Å². The van der Waals surface area contributed by atoms with Gasteiger partial charge in [-0.05, 0) is 73.9 Å². The van der Waals surface area contributed by atoms with E-state index in [1.165, 1.54) is 73.2 Å². The lowest BCUT2D eigenvalue weighted by Gasteiger charge is -2.26. The van der Waals surface area contributed by atoms with Crippen LogP contribution in [0.4, 0.5) is 0 Å². The number of ketones is 2. The summed E-state index contributed by atoms with van der Waals surface area (Å²) in [5.74, 6) is -2.00. The average Bonchev–Trinajstić information content (AvgIpc) is 3.68. The molecule has 0 bridgehead atoms. The summed E-state index contributed by atoms with van der Waals surface area (Å²) in [6, 6.07) is 10.7. The Morgan fingerprint density at radius 1 is 0.738 bits per heavy atom. The smallest absolute Gasteiger partial charge is 0.287 e. The van der Waals surface area contributed by atoms with Crippen LogP contribution in [0.1, 0.15) is 47.0 Å². The summed E-state index contributed by atoms with van der Waals surface area (Å²) in [7, 11) is 0. The molecule has 212 valence electrons. The predicted molar refractivity (Wildman–Crippen MR) is 160 cm³/mol. The molecule has 1 aliphatic rings. The standard InChI is InChI=1S/C30H26N6O4S2/c1-19-15-21(3)35(33-11-9-25(37)27-7-5-13-41-27)30(40)24(18-32)20(2)16-22(4)36(29(39)23(19)17-31)34-12-10-26(38)28-8-6-14-42-28/h5-16,33-34H,1-4H3/b11-9+,12-10+,21-15-,22-16+,23-19+,24-20-. The van der Waals surface area contributed by atoms with Crippen LogP contribution >= 0.6 is 22.7 Å². The van der Waals surface area contributed by atoms with Crippen LogP contribution in [-0.2, 0) is 9.59 Å². The summed E-state index contributed by atoms with van der Waals surface area (Å²) < 4.78 is 0. The van der Waals surface area contributed by atoms with E-state index in [2.05, 4.69) is 10.9 Å². The number of carbonyl (C=O) groups is 4. The zero-order valence-corrected chi connectivity index (χ0v) is 24.8. The summed E-state index contributed by atoms with van der Waals surface area (Å²) in [5.41, 5.74) is 5.98. The second-order valence-electron chi connectivity index (χ2n) is 8.80. The normalized spacial score (nSPS) is 21.1. The molecule has 12 heteroatoms. The Hall–Kier alpha value is -5.30. The molecule has 2 amide bonds. The van der Waals surface area contributed by atoms with Gasteiger partial charge < -0.3 is 0 Å². The van der Waals surface area contributed by atoms with Gasteiger partial charge >= 0.3 is 0 Å². The number of carbonyl (C=O) groups excluding carboxylic acids is 4. The van der Waals surface area contributed by atoms with Crippen molar-refractivity contribution in [1.82, 2.24) is 20.9 Å². The van der Waals surface area contributed by atoms with E-state index in [9.17, 15) is 29.7 Å². The van der Waals surface area contributed by atoms with Gasteiger partial charge in [0, 0.05) is 35.9 Å². The number of hydrogen-bond donors (Lipinski definition) is 2. The average molecular weight is 599 g/mol. The number of hydrazine groups is 2.